The zero-order valence-electron chi connectivity index (χ0n) is 12.6. The molecule has 3 rings (SSSR count). The van der Waals surface area contributed by atoms with Gasteiger partial charge in [-0.1, -0.05) is 5.16 Å². The fourth-order valence-electron chi connectivity index (χ4n) is 2.31. The third kappa shape index (κ3) is 2.97. The maximum Gasteiger partial charge on any atom is 0.258 e. The van der Waals surface area contributed by atoms with Crippen LogP contribution < -0.4 is 4.72 Å². The smallest absolute Gasteiger partial charge is 0.258 e. The van der Waals surface area contributed by atoms with Crippen molar-refractivity contribution in [3.8, 4) is 11.5 Å². The van der Waals surface area contributed by atoms with Gasteiger partial charge in [-0.2, -0.15) is 4.98 Å². The van der Waals surface area contributed by atoms with Crippen LogP contribution >= 0.6 is 0 Å². The Labute approximate surface area is 131 Å². The van der Waals surface area contributed by atoms with Gasteiger partial charge in [0.05, 0.1) is 23.6 Å². The molecule has 2 heterocycles. The van der Waals surface area contributed by atoms with Crippen LogP contribution in [0.5, 0.6) is 0 Å². The van der Waals surface area contributed by atoms with E-state index in [-0.39, 0.29) is 17.3 Å². The normalized spacial score (nSPS) is 12.9. The van der Waals surface area contributed by atoms with E-state index in [4.69, 9.17) is 8.94 Å². The van der Waals surface area contributed by atoms with E-state index < -0.39 is 21.4 Å². The van der Waals surface area contributed by atoms with E-state index in [1.165, 1.54) is 18.4 Å². The highest BCUT2D eigenvalue weighted by Gasteiger charge is 2.30. The minimum Gasteiger partial charge on any atom is -0.461 e. The Bertz CT molecular complexity index is 975. The minimum absolute atomic E-state index is 0.0933. The van der Waals surface area contributed by atoms with E-state index in [2.05, 4.69) is 14.9 Å². The summed E-state index contributed by atoms with van der Waals surface area (Å²) >= 11 is 0. The average Bonchev–Trinajstić information content (AvgIpc) is 3.05. The summed E-state index contributed by atoms with van der Waals surface area (Å²) in [4.78, 5) is 4.23. The van der Waals surface area contributed by atoms with Crippen molar-refractivity contribution < 1.29 is 21.7 Å². The first-order chi connectivity index (χ1) is 10.7. The van der Waals surface area contributed by atoms with Crippen LogP contribution in [0.25, 0.3) is 22.4 Å². The predicted molar refractivity (Wildman–Crippen MR) is 80.5 cm³/mol. The molecule has 122 valence electrons. The van der Waals surface area contributed by atoms with Gasteiger partial charge in [-0.3, -0.25) is 0 Å². The summed E-state index contributed by atoms with van der Waals surface area (Å²) in [5.74, 6) is -0.179. The first-order valence-corrected chi connectivity index (χ1v) is 8.56. The average molecular weight is 339 g/mol. The number of aromatic nitrogens is 2. The van der Waals surface area contributed by atoms with Crippen LogP contribution in [-0.2, 0) is 15.6 Å². The van der Waals surface area contributed by atoms with Crippen molar-refractivity contribution in [1.29, 1.82) is 0 Å². The molecule has 0 aliphatic heterocycles. The topological polar surface area (TPSA) is 98.2 Å². The lowest BCUT2D eigenvalue weighted by Crippen LogP contribution is -2.41. The number of sulfonamides is 1. The maximum absolute atomic E-state index is 13.7. The number of rotatable bonds is 4. The third-order valence-electron chi connectivity index (χ3n) is 3.22. The number of halogens is 1. The van der Waals surface area contributed by atoms with Gasteiger partial charge in [-0.25, -0.2) is 17.5 Å². The lowest BCUT2D eigenvalue weighted by atomic mass is 10.1. The molecule has 2 aromatic heterocycles. The molecule has 0 bridgehead atoms. The molecule has 0 saturated heterocycles. The van der Waals surface area contributed by atoms with Crippen molar-refractivity contribution in [3.05, 3.63) is 36.1 Å². The Hall–Kier alpha value is -2.26. The number of hydrogen-bond donors (Lipinski definition) is 1. The summed E-state index contributed by atoms with van der Waals surface area (Å²) in [5, 5.41) is 4.32. The highest BCUT2D eigenvalue weighted by molar-refractivity contribution is 7.88. The van der Waals surface area contributed by atoms with Crippen LogP contribution in [0.2, 0.25) is 0 Å². The lowest BCUT2D eigenvalue weighted by molar-refractivity contribution is 0.382. The lowest BCUT2D eigenvalue weighted by Gasteiger charge is -2.20. The number of nitrogens with zero attached hydrogens (tertiary/aromatic N) is 2. The van der Waals surface area contributed by atoms with Crippen LogP contribution in [-0.4, -0.2) is 24.8 Å². The van der Waals surface area contributed by atoms with Gasteiger partial charge in [-0.15, -0.1) is 0 Å². The number of fused-ring (bicyclic) bond motifs is 1. The molecule has 1 aromatic carbocycles. The van der Waals surface area contributed by atoms with Gasteiger partial charge in [0.15, 0.2) is 17.2 Å². The van der Waals surface area contributed by atoms with E-state index in [1.54, 1.807) is 19.9 Å². The van der Waals surface area contributed by atoms with Gasteiger partial charge in [-0.05, 0) is 32.0 Å². The van der Waals surface area contributed by atoms with E-state index in [9.17, 15) is 12.8 Å². The zero-order chi connectivity index (χ0) is 16.8. The van der Waals surface area contributed by atoms with Crippen LogP contribution in [0.4, 0.5) is 4.39 Å². The Balaban J connectivity index is 2.05. The van der Waals surface area contributed by atoms with Crippen LogP contribution in [0.15, 0.2) is 33.4 Å². The minimum atomic E-state index is -3.45. The summed E-state index contributed by atoms with van der Waals surface area (Å²) < 4.78 is 49.2. The van der Waals surface area contributed by atoms with Crippen molar-refractivity contribution in [2.75, 3.05) is 6.26 Å². The van der Waals surface area contributed by atoms with Gasteiger partial charge in [0.25, 0.3) is 5.89 Å². The summed E-state index contributed by atoms with van der Waals surface area (Å²) in [6, 6.07) is 4.34. The van der Waals surface area contributed by atoms with Gasteiger partial charge in [0.1, 0.15) is 0 Å². The molecule has 3 aromatic rings. The Morgan fingerprint density at radius 2 is 2.00 bits per heavy atom. The number of nitrogens with one attached hydrogen (secondary N) is 1. The van der Waals surface area contributed by atoms with E-state index in [0.717, 1.165) is 6.26 Å². The molecule has 7 nitrogen and oxygen atoms in total. The molecule has 0 amide bonds. The SMILES string of the molecule is CC(C)(NS(C)(=O)=O)c1noc(-c2ccc(F)c3occc23)n1. The van der Waals surface area contributed by atoms with Crippen molar-refractivity contribution in [2.24, 2.45) is 0 Å². The first-order valence-electron chi connectivity index (χ1n) is 6.66. The van der Waals surface area contributed by atoms with E-state index >= 15 is 0 Å². The molecule has 0 aliphatic rings. The largest absolute Gasteiger partial charge is 0.461 e. The number of furan rings is 1. The van der Waals surface area contributed by atoms with Crippen LogP contribution in [0.1, 0.15) is 19.7 Å². The van der Waals surface area contributed by atoms with Crippen LogP contribution in [0, 0.1) is 5.82 Å². The number of hydrogen-bond acceptors (Lipinski definition) is 6. The van der Waals surface area contributed by atoms with E-state index in [0.29, 0.717) is 10.9 Å². The summed E-state index contributed by atoms with van der Waals surface area (Å²) in [7, 11) is -3.45. The Kier molecular flexibility index (Phi) is 3.49. The molecule has 1 N–H and O–H groups in total. The third-order valence-corrected chi connectivity index (χ3v) is 4.11. The quantitative estimate of drug-likeness (QED) is 0.784. The molecular formula is C14H14FN3O4S. The summed E-state index contributed by atoms with van der Waals surface area (Å²) in [6.45, 7) is 3.22. The molecule has 0 saturated carbocycles. The molecule has 9 heteroatoms. The summed E-state index contributed by atoms with van der Waals surface area (Å²) in [5.41, 5.74) is -0.454. The monoisotopic (exact) mass is 339 g/mol. The molecule has 0 fully saturated rings. The Morgan fingerprint density at radius 3 is 2.70 bits per heavy atom. The second-order valence-corrected chi connectivity index (χ2v) is 7.43. The van der Waals surface area contributed by atoms with Gasteiger partial charge in [0.2, 0.25) is 10.0 Å². The predicted octanol–water partition coefficient (Wildman–Crippen LogP) is 2.41. The van der Waals surface area contributed by atoms with Crippen molar-refractivity contribution in [2.45, 2.75) is 19.4 Å². The summed E-state index contributed by atoms with van der Waals surface area (Å²) in [6.07, 6.45) is 2.41. The Morgan fingerprint density at radius 1 is 1.26 bits per heavy atom. The van der Waals surface area contributed by atoms with Gasteiger partial charge in [0, 0.05) is 5.39 Å². The van der Waals surface area contributed by atoms with Crippen LogP contribution in [0.3, 0.4) is 0 Å². The molecule has 0 atom stereocenters. The maximum atomic E-state index is 13.7. The fourth-order valence-corrected chi connectivity index (χ4v) is 3.33. The highest BCUT2D eigenvalue weighted by atomic mass is 32.2. The molecule has 0 spiro atoms. The second-order valence-electron chi connectivity index (χ2n) is 5.68. The van der Waals surface area contributed by atoms with Crippen molar-refractivity contribution >= 4 is 21.0 Å². The fraction of sp³-hybridized carbons (Fsp3) is 0.286. The van der Waals surface area contributed by atoms with Gasteiger partial charge >= 0.3 is 0 Å². The standard InChI is InChI=1S/C14H14FN3O4S/c1-14(2,18-23(3,19)20)13-16-12(22-17-13)9-4-5-10(15)11-8(9)6-7-21-11/h4-7,18H,1-3H3. The molecule has 0 unspecified atom stereocenters. The highest BCUT2D eigenvalue weighted by Crippen LogP contribution is 2.31. The molecule has 0 aliphatic carbocycles. The molecular weight excluding hydrogens is 325 g/mol. The second kappa shape index (κ2) is 5.14. The molecule has 23 heavy (non-hydrogen) atoms. The zero-order valence-corrected chi connectivity index (χ0v) is 13.4. The molecule has 0 radical (unpaired) electrons. The first kappa shape index (κ1) is 15.6. The van der Waals surface area contributed by atoms with Crippen molar-refractivity contribution in [3.63, 3.8) is 0 Å². The van der Waals surface area contributed by atoms with E-state index in [1.807, 2.05) is 0 Å². The number of benzene rings is 1. The van der Waals surface area contributed by atoms with Gasteiger partial charge < -0.3 is 8.94 Å². The van der Waals surface area contributed by atoms with Crippen molar-refractivity contribution in [1.82, 2.24) is 14.9 Å².